The van der Waals surface area contributed by atoms with E-state index in [0.29, 0.717) is 5.71 Å². The van der Waals surface area contributed by atoms with E-state index in [0.717, 1.165) is 5.52 Å². The molecule has 2 aromatic rings. The monoisotopic (exact) mass is 135 g/mol. The molecule has 0 fully saturated rings. The van der Waals surface area contributed by atoms with Gasteiger partial charge in [-0.05, 0) is 0 Å². The molecule has 0 spiro atoms. The fourth-order valence-electron chi connectivity index (χ4n) is 0.808. The highest BCUT2D eigenvalue weighted by molar-refractivity contribution is 5.68. The van der Waals surface area contributed by atoms with Crippen LogP contribution in [0.3, 0.4) is 0 Å². The Labute approximate surface area is 56.8 Å². The molecule has 10 heavy (non-hydrogen) atoms. The van der Waals surface area contributed by atoms with Crippen molar-refractivity contribution in [3.8, 4) is 0 Å². The van der Waals surface area contributed by atoms with Gasteiger partial charge in [-0.3, -0.25) is 0 Å². The molecule has 4 nitrogen and oxygen atoms in total. The van der Waals surface area contributed by atoms with Crippen molar-refractivity contribution in [3.05, 3.63) is 19.2 Å². The topological polar surface area (TPSA) is 43.9 Å². The SMILES string of the molecule is C=Cn1ncc2ncoc21. The second kappa shape index (κ2) is 1.70. The predicted molar refractivity (Wildman–Crippen MR) is 36.2 cm³/mol. The third-order valence-corrected chi connectivity index (χ3v) is 1.26. The zero-order chi connectivity index (χ0) is 6.97. The maximum Gasteiger partial charge on any atom is 0.249 e. The molecule has 0 aliphatic rings. The number of fused-ring (bicyclic) bond motifs is 1. The summed E-state index contributed by atoms with van der Waals surface area (Å²) in [6.07, 6.45) is 4.57. The first-order valence-corrected chi connectivity index (χ1v) is 2.81. The molecule has 2 aromatic heterocycles. The smallest absolute Gasteiger partial charge is 0.249 e. The van der Waals surface area contributed by atoms with Gasteiger partial charge in [0.25, 0.3) is 0 Å². The van der Waals surface area contributed by atoms with Gasteiger partial charge in [0.05, 0.1) is 6.20 Å². The summed E-state index contributed by atoms with van der Waals surface area (Å²) in [6, 6.07) is 0. The first-order valence-electron chi connectivity index (χ1n) is 2.81. The Balaban J connectivity index is 2.88. The van der Waals surface area contributed by atoms with E-state index in [1.807, 2.05) is 0 Å². The van der Waals surface area contributed by atoms with Crippen molar-refractivity contribution in [2.75, 3.05) is 0 Å². The molecule has 0 aromatic carbocycles. The van der Waals surface area contributed by atoms with Crippen molar-refractivity contribution in [1.29, 1.82) is 0 Å². The van der Waals surface area contributed by atoms with Gasteiger partial charge in [0, 0.05) is 6.20 Å². The van der Waals surface area contributed by atoms with E-state index in [2.05, 4.69) is 16.7 Å². The van der Waals surface area contributed by atoms with Crippen molar-refractivity contribution in [2.45, 2.75) is 0 Å². The molecule has 0 bridgehead atoms. The summed E-state index contributed by atoms with van der Waals surface area (Å²) in [4.78, 5) is 3.89. The molecule has 0 aliphatic heterocycles. The molecule has 0 unspecified atom stereocenters. The van der Waals surface area contributed by atoms with Gasteiger partial charge in [-0.2, -0.15) is 5.10 Å². The fraction of sp³-hybridized carbons (Fsp3) is 0. The largest absolute Gasteiger partial charge is 0.425 e. The van der Waals surface area contributed by atoms with Crippen LogP contribution in [0.25, 0.3) is 17.4 Å². The van der Waals surface area contributed by atoms with Crippen LogP contribution in [0.4, 0.5) is 0 Å². The average molecular weight is 135 g/mol. The number of hydrogen-bond donors (Lipinski definition) is 0. The summed E-state index contributed by atoms with van der Waals surface area (Å²) >= 11 is 0. The Morgan fingerprint density at radius 3 is 3.40 bits per heavy atom. The van der Waals surface area contributed by atoms with Gasteiger partial charge in [-0.25, -0.2) is 9.67 Å². The Bertz CT molecular complexity index is 360. The van der Waals surface area contributed by atoms with Crippen LogP contribution in [0.1, 0.15) is 0 Å². The van der Waals surface area contributed by atoms with Crippen LogP contribution in [-0.4, -0.2) is 14.8 Å². The summed E-state index contributed by atoms with van der Waals surface area (Å²) < 4.78 is 6.53. The molecule has 4 heteroatoms. The Morgan fingerprint density at radius 2 is 2.60 bits per heavy atom. The number of oxazole rings is 1. The van der Waals surface area contributed by atoms with Gasteiger partial charge < -0.3 is 4.42 Å². The van der Waals surface area contributed by atoms with Crippen LogP contribution in [0.2, 0.25) is 0 Å². The van der Waals surface area contributed by atoms with Gasteiger partial charge in [0.15, 0.2) is 6.39 Å². The summed E-state index contributed by atoms with van der Waals surface area (Å²) in [6.45, 7) is 3.55. The molecule has 0 saturated carbocycles. The number of nitrogens with zero attached hydrogens (tertiary/aromatic N) is 3. The van der Waals surface area contributed by atoms with E-state index in [1.165, 1.54) is 11.1 Å². The Kier molecular flexibility index (Phi) is 0.887. The van der Waals surface area contributed by atoms with Crippen molar-refractivity contribution >= 4 is 17.4 Å². The highest BCUT2D eigenvalue weighted by atomic mass is 16.3. The lowest BCUT2D eigenvalue weighted by Crippen LogP contribution is -1.83. The highest BCUT2D eigenvalue weighted by Crippen LogP contribution is 2.09. The molecular weight excluding hydrogens is 130 g/mol. The molecule has 50 valence electrons. The lowest BCUT2D eigenvalue weighted by Gasteiger charge is -1.84. The fourth-order valence-corrected chi connectivity index (χ4v) is 0.808. The molecule has 0 amide bonds. The second-order valence-corrected chi connectivity index (χ2v) is 1.81. The highest BCUT2D eigenvalue weighted by Gasteiger charge is 2.01. The van der Waals surface area contributed by atoms with Gasteiger partial charge in [0.2, 0.25) is 5.71 Å². The lowest BCUT2D eigenvalue weighted by molar-refractivity contribution is 0.576. The van der Waals surface area contributed by atoms with E-state index in [1.54, 1.807) is 12.4 Å². The van der Waals surface area contributed by atoms with Crippen molar-refractivity contribution < 1.29 is 4.42 Å². The van der Waals surface area contributed by atoms with E-state index in [9.17, 15) is 0 Å². The molecule has 0 N–H and O–H groups in total. The van der Waals surface area contributed by atoms with Crippen LogP contribution in [-0.2, 0) is 0 Å². The molecule has 0 radical (unpaired) electrons. The normalized spacial score (nSPS) is 10.4. The van der Waals surface area contributed by atoms with Crippen molar-refractivity contribution in [2.24, 2.45) is 0 Å². The third-order valence-electron chi connectivity index (χ3n) is 1.26. The van der Waals surface area contributed by atoms with Crippen LogP contribution >= 0.6 is 0 Å². The molecule has 0 atom stereocenters. The molecular formula is C6H5N3O. The van der Waals surface area contributed by atoms with E-state index in [4.69, 9.17) is 4.42 Å². The molecule has 2 heterocycles. The summed E-state index contributed by atoms with van der Waals surface area (Å²) in [7, 11) is 0. The lowest BCUT2D eigenvalue weighted by atomic mass is 10.6. The van der Waals surface area contributed by atoms with Crippen molar-refractivity contribution in [3.63, 3.8) is 0 Å². The standard InChI is InChI=1S/C6H5N3O/c1-2-9-6-5(3-8-9)7-4-10-6/h2-4H,1H2. The quantitative estimate of drug-likeness (QED) is 0.588. The Hall–Kier alpha value is -1.58. The molecule has 0 aliphatic carbocycles. The number of rotatable bonds is 1. The van der Waals surface area contributed by atoms with Crippen LogP contribution in [0, 0.1) is 0 Å². The third kappa shape index (κ3) is 0.500. The van der Waals surface area contributed by atoms with Crippen LogP contribution in [0.15, 0.2) is 23.6 Å². The zero-order valence-corrected chi connectivity index (χ0v) is 5.19. The molecule has 0 saturated heterocycles. The van der Waals surface area contributed by atoms with Gasteiger partial charge in [0.1, 0.15) is 5.52 Å². The Morgan fingerprint density at radius 1 is 1.70 bits per heavy atom. The second-order valence-electron chi connectivity index (χ2n) is 1.81. The summed E-state index contributed by atoms with van der Waals surface area (Å²) in [5.74, 6) is 0. The number of hydrogen-bond acceptors (Lipinski definition) is 3. The summed E-state index contributed by atoms with van der Waals surface area (Å²) in [5, 5.41) is 3.92. The first kappa shape index (κ1) is 5.22. The number of aromatic nitrogens is 3. The predicted octanol–water partition coefficient (Wildman–Crippen LogP) is 1.12. The van der Waals surface area contributed by atoms with Gasteiger partial charge in [-0.15, -0.1) is 0 Å². The minimum atomic E-state index is 0.634. The molecule has 2 rings (SSSR count). The summed E-state index contributed by atoms with van der Waals surface area (Å²) in [5.41, 5.74) is 1.38. The van der Waals surface area contributed by atoms with Gasteiger partial charge >= 0.3 is 0 Å². The van der Waals surface area contributed by atoms with Gasteiger partial charge in [-0.1, -0.05) is 6.58 Å². The first-order chi connectivity index (χ1) is 4.92. The average Bonchev–Trinajstić information content (AvgIpc) is 2.44. The van der Waals surface area contributed by atoms with E-state index < -0.39 is 0 Å². The maximum atomic E-state index is 5.00. The van der Waals surface area contributed by atoms with E-state index >= 15 is 0 Å². The van der Waals surface area contributed by atoms with E-state index in [-0.39, 0.29) is 0 Å². The van der Waals surface area contributed by atoms with Crippen LogP contribution in [0.5, 0.6) is 0 Å². The minimum Gasteiger partial charge on any atom is -0.425 e. The van der Waals surface area contributed by atoms with Crippen LogP contribution < -0.4 is 0 Å². The minimum absolute atomic E-state index is 0.634. The van der Waals surface area contributed by atoms with Crippen molar-refractivity contribution in [1.82, 2.24) is 14.8 Å². The maximum absolute atomic E-state index is 5.00. The zero-order valence-electron chi connectivity index (χ0n) is 5.19.